The first-order chi connectivity index (χ1) is 15.5. The summed E-state index contributed by atoms with van der Waals surface area (Å²) in [6.07, 6.45) is 5.39. The summed E-state index contributed by atoms with van der Waals surface area (Å²) in [5.41, 5.74) is 3.52. The minimum absolute atomic E-state index is 0.00104. The Labute approximate surface area is 193 Å². The average Bonchev–Trinajstić information content (AvgIpc) is 3.38. The molecule has 4 aromatic rings. The Hall–Kier alpha value is -2.78. The lowest BCUT2D eigenvalue weighted by atomic mass is 9.97. The third-order valence-electron chi connectivity index (χ3n) is 5.67. The molecule has 1 aliphatic rings. The van der Waals surface area contributed by atoms with Crippen LogP contribution < -0.4 is 5.32 Å². The highest BCUT2D eigenvalue weighted by atomic mass is 32.2. The average molecular weight is 466 g/mol. The second-order valence-corrected chi connectivity index (χ2v) is 9.91. The van der Waals surface area contributed by atoms with Crippen LogP contribution in [0.2, 0.25) is 0 Å². The van der Waals surface area contributed by atoms with Crippen LogP contribution in [0, 0.1) is 0 Å². The zero-order valence-electron chi connectivity index (χ0n) is 18.0. The highest BCUT2D eigenvalue weighted by Gasteiger charge is 2.23. The van der Waals surface area contributed by atoms with Gasteiger partial charge in [0, 0.05) is 29.5 Å². The van der Waals surface area contributed by atoms with Crippen LogP contribution in [0.4, 0.5) is 5.69 Å². The number of hydrogen-bond acceptors (Lipinski definition) is 7. The Bertz CT molecular complexity index is 1340. The molecule has 32 heavy (non-hydrogen) atoms. The van der Waals surface area contributed by atoms with Crippen molar-refractivity contribution in [1.82, 2.24) is 19.6 Å². The summed E-state index contributed by atoms with van der Waals surface area (Å²) >= 11 is 3.18. The number of aromatic nitrogens is 4. The van der Waals surface area contributed by atoms with E-state index in [2.05, 4.69) is 22.4 Å². The van der Waals surface area contributed by atoms with Gasteiger partial charge in [-0.25, -0.2) is 4.98 Å². The van der Waals surface area contributed by atoms with Crippen molar-refractivity contribution in [1.29, 1.82) is 0 Å². The molecule has 3 aromatic heterocycles. The monoisotopic (exact) mass is 465 g/mol. The molecule has 1 aromatic carbocycles. The molecule has 0 aliphatic heterocycles. The number of Topliss-reactive ketones (excluding diaryl/α,β-unsaturated/α-hetero) is 1. The van der Waals surface area contributed by atoms with Crippen LogP contribution in [0.25, 0.3) is 15.9 Å². The van der Waals surface area contributed by atoms with E-state index in [1.165, 1.54) is 42.0 Å². The second kappa shape index (κ2) is 8.63. The smallest absolute Gasteiger partial charge is 0.221 e. The van der Waals surface area contributed by atoms with Crippen LogP contribution in [-0.2, 0) is 24.1 Å². The molecule has 0 fully saturated rings. The molecule has 7 nitrogen and oxygen atoms in total. The first-order valence-corrected chi connectivity index (χ1v) is 12.6. The minimum Gasteiger partial charge on any atom is -0.326 e. The summed E-state index contributed by atoms with van der Waals surface area (Å²) in [4.78, 5) is 31.4. The van der Waals surface area contributed by atoms with Gasteiger partial charge in [-0.3, -0.25) is 14.0 Å². The molecule has 0 radical (unpaired) electrons. The lowest BCUT2D eigenvalue weighted by Crippen LogP contribution is -2.07. The fraction of sp³-hybridized carbons (Fsp3) is 0.348. The van der Waals surface area contributed by atoms with Crippen LogP contribution in [0.15, 0.2) is 29.4 Å². The summed E-state index contributed by atoms with van der Waals surface area (Å²) in [6.45, 7) is 3.54. The number of ketones is 1. The van der Waals surface area contributed by atoms with Crippen molar-refractivity contribution in [2.75, 3.05) is 11.1 Å². The number of hydrogen-bond donors (Lipinski definition) is 1. The third-order valence-corrected chi connectivity index (χ3v) is 7.79. The normalized spacial score (nSPS) is 13.4. The molecule has 0 unspecified atom stereocenters. The van der Waals surface area contributed by atoms with E-state index < -0.39 is 0 Å². The van der Waals surface area contributed by atoms with Crippen LogP contribution in [-0.4, -0.2) is 37.0 Å². The lowest BCUT2D eigenvalue weighted by Gasteiger charge is -2.11. The number of nitrogens with one attached hydrogen (secondary N) is 1. The van der Waals surface area contributed by atoms with Crippen molar-refractivity contribution in [3.8, 4) is 0 Å². The number of thioether (sulfide) groups is 1. The van der Waals surface area contributed by atoms with E-state index in [-0.39, 0.29) is 17.4 Å². The van der Waals surface area contributed by atoms with Gasteiger partial charge in [0.1, 0.15) is 10.7 Å². The van der Waals surface area contributed by atoms with Crippen molar-refractivity contribution in [2.24, 2.45) is 0 Å². The second-order valence-electron chi connectivity index (χ2n) is 7.88. The zero-order chi connectivity index (χ0) is 22.2. The fourth-order valence-corrected chi connectivity index (χ4v) is 6.30. The molecule has 0 saturated heterocycles. The van der Waals surface area contributed by atoms with E-state index >= 15 is 0 Å². The fourth-order valence-electron chi connectivity index (χ4n) is 4.18. The van der Waals surface area contributed by atoms with E-state index in [4.69, 9.17) is 4.98 Å². The summed E-state index contributed by atoms with van der Waals surface area (Å²) in [7, 11) is 0. The Morgan fingerprint density at radius 1 is 1.16 bits per heavy atom. The number of fused-ring (bicyclic) bond motifs is 5. The van der Waals surface area contributed by atoms with E-state index in [0.717, 1.165) is 41.0 Å². The standard InChI is InChI=1S/C23H23N5O2S2/c1-3-19-25-22-20(16-6-4-5-7-18(16)32-22)21-26-27-23(28(19)21)31-12-17(30)14-8-10-15(11-9-14)24-13(2)29/h8-11H,3-7,12H2,1-2H3,(H,24,29). The van der Waals surface area contributed by atoms with Gasteiger partial charge in [0.2, 0.25) is 5.91 Å². The number of thiophene rings is 1. The lowest BCUT2D eigenvalue weighted by molar-refractivity contribution is -0.114. The predicted octanol–water partition coefficient (Wildman–Crippen LogP) is 4.71. The third kappa shape index (κ3) is 3.80. The van der Waals surface area contributed by atoms with Gasteiger partial charge >= 0.3 is 0 Å². The van der Waals surface area contributed by atoms with E-state index in [1.807, 2.05) is 4.40 Å². The number of carbonyl (C=O) groups excluding carboxylic acids is 2. The molecule has 9 heteroatoms. The highest BCUT2D eigenvalue weighted by Crippen LogP contribution is 2.38. The maximum atomic E-state index is 12.7. The summed E-state index contributed by atoms with van der Waals surface area (Å²) < 4.78 is 2.03. The van der Waals surface area contributed by atoms with Crippen LogP contribution in [0.5, 0.6) is 0 Å². The van der Waals surface area contributed by atoms with Gasteiger partial charge in [-0.2, -0.15) is 0 Å². The van der Waals surface area contributed by atoms with Gasteiger partial charge in [-0.1, -0.05) is 18.7 Å². The topological polar surface area (TPSA) is 89.2 Å². The van der Waals surface area contributed by atoms with Crippen LogP contribution >= 0.6 is 23.1 Å². The van der Waals surface area contributed by atoms with Gasteiger partial charge in [0.25, 0.3) is 0 Å². The molecular weight excluding hydrogens is 442 g/mol. The molecular formula is C23H23N5O2S2. The van der Waals surface area contributed by atoms with Gasteiger partial charge in [0.05, 0.1) is 11.1 Å². The first kappa shape index (κ1) is 21.1. The Balaban J connectivity index is 1.43. The number of aryl methyl sites for hydroxylation is 3. The number of carbonyl (C=O) groups is 2. The Morgan fingerprint density at radius 2 is 1.94 bits per heavy atom. The van der Waals surface area contributed by atoms with Crippen molar-refractivity contribution in [3.63, 3.8) is 0 Å². The number of anilines is 1. The number of amides is 1. The van der Waals surface area contributed by atoms with Crippen molar-refractivity contribution in [2.45, 2.75) is 51.1 Å². The molecule has 5 rings (SSSR count). The molecule has 0 spiro atoms. The van der Waals surface area contributed by atoms with Gasteiger partial charge < -0.3 is 5.32 Å². The van der Waals surface area contributed by atoms with E-state index in [9.17, 15) is 9.59 Å². The van der Waals surface area contributed by atoms with Crippen molar-refractivity contribution < 1.29 is 9.59 Å². The highest BCUT2D eigenvalue weighted by molar-refractivity contribution is 7.99. The minimum atomic E-state index is -0.139. The SMILES string of the molecule is CCc1nc2sc3c(c2c2nnc(SCC(=O)c4ccc(NC(C)=O)cc4)n12)CCCC3. The Kier molecular flexibility index (Phi) is 5.69. The number of nitrogens with zero attached hydrogens (tertiary/aromatic N) is 4. The van der Waals surface area contributed by atoms with Crippen LogP contribution in [0.1, 0.15) is 53.3 Å². The molecule has 164 valence electrons. The van der Waals surface area contributed by atoms with Crippen molar-refractivity contribution >= 4 is 56.3 Å². The molecule has 1 aliphatic carbocycles. The largest absolute Gasteiger partial charge is 0.326 e. The maximum absolute atomic E-state index is 12.7. The van der Waals surface area contributed by atoms with Crippen molar-refractivity contribution in [3.05, 3.63) is 46.1 Å². The number of benzene rings is 1. The quantitative estimate of drug-likeness (QED) is 0.328. The maximum Gasteiger partial charge on any atom is 0.221 e. The van der Waals surface area contributed by atoms with Crippen LogP contribution in [0.3, 0.4) is 0 Å². The molecule has 0 bridgehead atoms. The van der Waals surface area contributed by atoms with Gasteiger partial charge in [-0.05, 0) is 55.5 Å². The molecule has 0 atom stereocenters. The van der Waals surface area contributed by atoms with E-state index in [1.54, 1.807) is 35.6 Å². The van der Waals surface area contributed by atoms with E-state index in [0.29, 0.717) is 16.4 Å². The molecule has 1 amide bonds. The summed E-state index contributed by atoms with van der Waals surface area (Å²) in [6, 6.07) is 6.94. The Morgan fingerprint density at radius 3 is 2.69 bits per heavy atom. The van der Waals surface area contributed by atoms with Gasteiger partial charge in [-0.15, -0.1) is 21.5 Å². The predicted molar refractivity (Wildman–Crippen MR) is 128 cm³/mol. The molecule has 3 heterocycles. The molecule has 1 N–H and O–H groups in total. The molecule has 0 saturated carbocycles. The zero-order valence-corrected chi connectivity index (χ0v) is 19.6. The number of rotatable bonds is 6. The summed E-state index contributed by atoms with van der Waals surface area (Å²) in [5.74, 6) is 1.04. The summed E-state index contributed by atoms with van der Waals surface area (Å²) in [5, 5.41) is 13.5. The first-order valence-electron chi connectivity index (χ1n) is 10.8. The van der Waals surface area contributed by atoms with Gasteiger partial charge in [0.15, 0.2) is 16.6 Å².